The van der Waals surface area contributed by atoms with Crippen molar-refractivity contribution in [2.75, 3.05) is 12.8 Å². The Kier molecular flexibility index (Phi) is 4.16. The maximum absolute atomic E-state index is 12.1. The minimum absolute atomic E-state index is 0.0998. The molecule has 0 aromatic heterocycles. The molecule has 17 heavy (non-hydrogen) atoms. The Bertz CT molecular complexity index is 399. The third-order valence-electron chi connectivity index (χ3n) is 3.45. The van der Waals surface area contributed by atoms with Gasteiger partial charge in [0.25, 0.3) is 0 Å². The summed E-state index contributed by atoms with van der Waals surface area (Å²) in [6, 6.07) is 7.49. The van der Waals surface area contributed by atoms with E-state index in [0.29, 0.717) is 12.1 Å². The number of amides is 1. The van der Waals surface area contributed by atoms with Gasteiger partial charge < -0.3 is 10.6 Å². The second-order valence-electron chi connectivity index (χ2n) is 5.04. The van der Waals surface area contributed by atoms with Crippen LogP contribution in [-0.4, -0.2) is 23.4 Å². The van der Waals surface area contributed by atoms with Crippen LogP contribution >= 0.6 is 0 Å². The minimum Gasteiger partial charge on any atom is -0.399 e. The summed E-state index contributed by atoms with van der Waals surface area (Å²) in [6.45, 7) is 6.23. The van der Waals surface area contributed by atoms with Crippen LogP contribution < -0.4 is 5.73 Å². The molecular weight excluding hydrogens is 212 g/mol. The Labute approximate surface area is 104 Å². The van der Waals surface area contributed by atoms with Gasteiger partial charge in [0.2, 0.25) is 5.91 Å². The monoisotopic (exact) mass is 234 g/mol. The van der Waals surface area contributed by atoms with Gasteiger partial charge in [0.15, 0.2) is 0 Å². The predicted molar refractivity (Wildman–Crippen MR) is 71.7 cm³/mol. The number of nitrogens with zero attached hydrogens (tertiary/aromatic N) is 1. The molecule has 1 amide bonds. The number of carbonyl (C=O) groups excluding carboxylic acids is 1. The topological polar surface area (TPSA) is 46.3 Å². The summed E-state index contributed by atoms with van der Waals surface area (Å²) < 4.78 is 0. The summed E-state index contributed by atoms with van der Waals surface area (Å²) >= 11 is 0. The van der Waals surface area contributed by atoms with Crippen molar-refractivity contribution in [1.82, 2.24) is 4.90 Å². The number of benzene rings is 1. The van der Waals surface area contributed by atoms with Crippen LogP contribution in [0.15, 0.2) is 24.3 Å². The van der Waals surface area contributed by atoms with Crippen LogP contribution in [-0.2, 0) is 11.2 Å². The van der Waals surface area contributed by atoms with E-state index < -0.39 is 0 Å². The Hall–Kier alpha value is -1.51. The van der Waals surface area contributed by atoms with E-state index in [0.717, 1.165) is 12.0 Å². The molecule has 0 aliphatic heterocycles. The SMILES string of the molecule is CCC(C)(C)N(C)C(=O)Cc1cccc(N)c1. The molecule has 0 aliphatic rings. The molecule has 0 aliphatic carbocycles. The Balaban J connectivity index is 2.73. The lowest BCUT2D eigenvalue weighted by Crippen LogP contribution is -2.45. The lowest BCUT2D eigenvalue weighted by atomic mass is 9.99. The van der Waals surface area contributed by atoms with E-state index in [4.69, 9.17) is 5.73 Å². The molecule has 0 unspecified atom stereocenters. The number of carbonyl (C=O) groups is 1. The summed E-state index contributed by atoms with van der Waals surface area (Å²) in [4.78, 5) is 13.9. The number of nitrogen functional groups attached to an aromatic ring is 1. The molecule has 0 saturated carbocycles. The fourth-order valence-corrected chi connectivity index (χ4v) is 1.57. The van der Waals surface area contributed by atoms with Gasteiger partial charge in [0, 0.05) is 18.3 Å². The van der Waals surface area contributed by atoms with Crippen LogP contribution in [0.3, 0.4) is 0 Å². The maximum atomic E-state index is 12.1. The smallest absolute Gasteiger partial charge is 0.227 e. The van der Waals surface area contributed by atoms with Crippen molar-refractivity contribution in [3.63, 3.8) is 0 Å². The van der Waals surface area contributed by atoms with Crippen molar-refractivity contribution in [3.05, 3.63) is 29.8 Å². The van der Waals surface area contributed by atoms with Crippen LogP contribution in [0.4, 0.5) is 5.69 Å². The minimum atomic E-state index is -0.0998. The maximum Gasteiger partial charge on any atom is 0.227 e. The molecule has 0 spiro atoms. The van der Waals surface area contributed by atoms with Gasteiger partial charge in [-0.1, -0.05) is 19.1 Å². The molecule has 0 saturated heterocycles. The van der Waals surface area contributed by atoms with Gasteiger partial charge in [0.1, 0.15) is 0 Å². The molecular formula is C14H22N2O. The lowest BCUT2D eigenvalue weighted by molar-refractivity contribution is -0.133. The van der Waals surface area contributed by atoms with Crippen molar-refractivity contribution in [2.45, 2.75) is 39.2 Å². The van der Waals surface area contributed by atoms with Gasteiger partial charge in [0.05, 0.1) is 6.42 Å². The molecule has 0 heterocycles. The van der Waals surface area contributed by atoms with Crippen LogP contribution in [0.1, 0.15) is 32.8 Å². The number of likely N-dealkylation sites (N-methyl/N-ethyl adjacent to an activating group) is 1. The third-order valence-corrected chi connectivity index (χ3v) is 3.45. The first kappa shape index (κ1) is 13.6. The first-order valence-electron chi connectivity index (χ1n) is 5.98. The summed E-state index contributed by atoms with van der Waals surface area (Å²) in [6.07, 6.45) is 1.34. The first-order chi connectivity index (χ1) is 7.86. The summed E-state index contributed by atoms with van der Waals surface area (Å²) in [7, 11) is 1.86. The number of hydrogen-bond acceptors (Lipinski definition) is 2. The Morgan fingerprint density at radius 2 is 2.06 bits per heavy atom. The highest BCUT2D eigenvalue weighted by Gasteiger charge is 2.25. The molecule has 1 aromatic carbocycles. The Morgan fingerprint density at radius 1 is 1.41 bits per heavy atom. The van der Waals surface area contributed by atoms with E-state index in [2.05, 4.69) is 20.8 Å². The number of nitrogens with two attached hydrogens (primary N) is 1. The van der Waals surface area contributed by atoms with Crippen LogP contribution in [0.25, 0.3) is 0 Å². The van der Waals surface area contributed by atoms with Crippen LogP contribution in [0.5, 0.6) is 0 Å². The van der Waals surface area contributed by atoms with Gasteiger partial charge >= 0.3 is 0 Å². The van der Waals surface area contributed by atoms with Crippen molar-refractivity contribution < 1.29 is 4.79 Å². The molecule has 0 atom stereocenters. The zero-order chi connectivity index (χ0) is 13.1. The number of anilines is 1. The summed E-state index contributed by atoms with van der Waals surface area (Å²) in [5.74, 6) is 0.127. The van der Waals surface area contributed by atoms with E-state index in [1.807, 2.05) is 36.2 Å². The molecule has 1 aromatic rings. The largest absolute Gasteiger partial charge is 0.399 e. The molecule has 3 nitrogen and oxygen atoms in total. The normalized spacial score (nSPS) is 11.3. The first-order valence-corrected chi connectivity index (χ1v) is 5.98. The fourth-order valence-electron chi connectivity index (χ4n) is 1.57. The van der Waals surface area contributed by atoms with E-state index in [1.165, 1.54) is 0 Å². The zero-order valence-electron chi connectivity index (χ0n) is 11.2. The van der Waals surface area contributed by atoms with Crippen molar-refractivity contribution in [2.24, 2.45) is 0 Å². The van der Waals surface area contributed by atoms with E-state index in [-0.39, 0.29) is 11.4 Å². The van der Waals surface area contributed by atoms with Gasteiger partial charge in [-0.25, -0.2) is 0 Å². The molecule has 3 heteroatoms. The van der Waals surface area contributed by atoms with Gasteiger partial charge in [-0.15, -0.1) is 0 Å². The average Bonchev–Trinajstić information content (AvgIpc) is 2.28. The standard InChI is InChI=1S/C14H22N2O/c1-5-14(2,3)16(4)13(17)10-11-7-6-8-12(15)9-11/h6-9H,5,10,15H2,1-4H3. The van der Waals surface area contributed by atoms with Crippen molar-refractivity contribution >= 4 is 11.6 Å². The second kappa shape index (κ2) is 5.21. The van der Waals surface area contributed by atoms with E-state index in [1.54, 1.807) is 0 Å². The van der Waals surface area contributed by atoms with Crippen molar-refractivity contribution in [3.8, 4) is 0 Å². The quantitative estimate of drug-likeness (QED) is 0.813. The highest BCUT2D eigenvalue weighted by molar-refractivity contribution is 5.79. The summed E-state index contributed by atoms with van der Waals surface area (Å²) in [5.41, 5.74) is 7.27. The average molecular weight is 234 g/mol. The fraction of sp³-hybridized carbons (Fsp3) is 0.500. The van der Waals surface area contributed by atoms with E-state index in [9.17, 15) is 4.79 Å². The highest BCUT2D eigenvalue weighted by Crippen LogP contribution is 2.18. The van der Waals surface area contributed by atoms with Gasteiger partial charge in [-0.3, -0.25) is 4.79 Å². The molecule has 1 rings (SSSR count). The molecule has 0 bridgehead atoms. The predicted octanol–water partition coefficient (Wildman–Crippen LogP) is 2.46. The van der Waals surface area contributed by atoms with Crippen molar-refractivity contribution in [1.29, 1.82) is 0 Å². The number of hydrogen-bond donors (Lipinski definition) is 1. The van der Waals surface area contributed by atoms with Gasteiger partial charge in [-0.05, 0) is 38.0 Å². The Morgan fingerprint density at radius 3 is 2.59 bits per heavy atom. The molecule has 94 valence electrons. The molecule has 0 radical (unpaired) electrons. The second-order valence-corrected chi connectivity index (χ2v) is 5.04. The van der Waals surface area contributed by atoms with Crippen LogP contribution in [0, 0.1) is 0 Å². The number of rotatable bonds is 4. The zero-order valence-corrected chi connectivity index (χ0v) is 11.2. The summed E-state index contributed by atoms with van der Waals surface area (Å²) in [5, 5.41) is 0. The van der Waals surface area contributed by atoms with Gasteiger partial charge in [-0.2, -0.15) is 0 Å². The highest BCUT2D eigenvalue weighted by atomic mass is 16.2. The molecule has 0 fully saturated rings. The third kappa shape index (κ3) is 3.48. The van der Waals surface area contributed by atoms with E-state index >= 15 is 0 Å². The lowest BCUT2D eigenvalue weighted by Gasteiger charge is -2.35. The van der Waals surface area contributed by atoms with Crippen LogP contribution in [0.2, 0.25) is 0 Å². The molecule has 2 N–H and O–H groups in total.